The fraction of sp³-hybridized carbons (Fsp3) is 0.611. The minimum absolute atomic E-state index is 0.0862. The van der Waals surface area contributed by atoms with E-state index in [1.807, 2.05) is 0 Å². The smallest absolute Gasteiger partial charge is 0.426 e. The fourth-order valence-electron chi connectivity index (χ4n) is 3.67. The fourth-order valence-corrected chi connectivity index (χ4v) is 3.67. The molecule has 6 nitrogen and oxygen atoms in total. The molecular weight excluding hydrogens is 420 g/mol. The molecule has 2 amide bonds. The lowest BCUT2D eigenvalue weighted by Crippen LogP contribution is -2.49. The Morgan fingerprint density at radius 1 is 1.17 bits per heavy atom. The molecule has 1 aliphatic carbocycles. The predicted molar refractivity (Wildman–Crippen MR) is 91.3 cm³/mol. The van der Waals surface area contributed by atoms with Gasteiger partial charge in [-0.3, -0.25) is 9.78 Å². The molecule has 1 aliphatic heterocycles. The number of carbonyl (C=O) groups is 2. The van der Waals surface area contributed by atoms with Crippen molar-refractivity contribution in [3.8, 4) is 0 Å². The first kappa shape index (κ1) is 22.2. The standard InChI is InChI=1S/C18H19F6N3O3/c1-10-2-3-11(9-25-10)26-13(28)12-8-16(12)4-6-27(7-5-16)15(29)30-14(17(19,20)21)18(22,23)24/h2-3,9,12,14H,4-8H2,1H3,(H,26,28). The second kappa shape index (κ2) is 7.62. The maximum atomic E-state index is 12.6. The van der Waals surface area contributed by atoms with E-state index in [0.717, 1.165) is 10.6 Å². The van der Waals surface area contributed by atoms with Crippen molar-refractivity contribution in [1.29, 1.82) is 0 Å². The second-order valence-electron chi connectivity index (χ2n) is 7.63. The van der Waals surface area contributed by atoms with Crippen molar-refractivity contribution in [1.82, 2.24) is 9.88 Å². The highest BCUT2D eigenvalue weighted by Crippen LogP contribution is 2.59. The molecule has 30 heavy (non-hydrogen) atoms. The van der Waals surface area contributed by atoms with Crippen LogP contribution in [0.5, 0.6) is 0 Å². The van der Waals surface area contributed by atoms with Crippen LogP contribution < -0.4 is 5.32 Å². The lowest BCUT2D eigenvalue weighted by molar-refractivity contribution is -0.308. The first-order valence-corrected chi connectivity index (χ1v) is 9.14. The van der Waals surface area contributed by atoms with Gasteiger partial charge in [-0.15, -0.1) is 0 Å². The van der Waals surface area contributed by atoms with E-state index in [-0.39, 0.29) is 37.8 Å². The number of amides is 2. The van der Waals surface area contributed by atoms with Crippen molar-refractivity contribution in [2.75, 3.05) is 18.4 Å². The van der Waals surface area contributed by atoms with Crippen LogP contribution in [-0.2, 0) is 9.53 Å². The van der Waals surface area contributed by atoms with Gasteiger partial charge in [-0.1, -0.05) is 0 Å². The summed E-state index contributed by atoms with van der Waals surface area (Å²) in [5.41, 5.74) is 0.902. The van der Waals surface area contributed by atoms with Crippen LogP contribution in [-0.4, -0.2) is 53.4 Å². The van der Waals surface area contributed by atoms with Gasteiger partial charge >= 0.3 is 18.4 Å². The number of likely N-dealkylation sites (tertiary alicyclic amines) is 1. The number of alkyl halides is 6. The SMILES string of the molecule is Cc1ccc(NC(=O)C2CC23CCN(C(=O)OC(C(F)(F)F)C(F)(F)F)CC3)cn1. The normalized spacial score (nSPS) is 20.9. The summed E-state index contributed by atoms with van der Waals surface area (Å²) in [6, 6.07) is 3.43. The number of aromatic nitrogens is 1. The molecule has 1 aromatic heterocycles. The molecule has 1 unspecified atom stereocenters. The highest BCUT2D eigenvalue weighted by Gasteiger charge is 2.61. The summed E-state index contributed by atoms with van der Waals surface area (Å²) in [5.74, 6) is -0.569. The molecule has 0 aromatic carbocycles. The van der Waals surface area contributed by atoms with Gasteiger partial charge in [0.05, 0.1) is 11.9 Å². The largest absolute Gasteiger partial charge is 0.434 e. The Kier molecular flexibility index (Phi) is 5.63. The van der Waals surface area contributed by atoms with Gasteiger partial charge in [0, 0.05) is 24.7 Å². The Morgan fingerprint density at radius 3 is 2.27 bits per heavy atom. The topological polar surface area (TPSA) is 71.5 Å². The van der Waals surface area contributed by atoms with Crippen LogP contribution in [0.2, 0.25) is 0 Å². The molecule has 1 N–H and O–H groups in total. The molecule has 1 aromatic rings. The number of carbonyl (C=O) groups excluding carboxylic acids is 2. The van der Waals surface area contributed by atoms with Crippen LogP contribution in [0.15, 0.2) is 18.3 Å². The predicted octanol–water partition coefficient (Wildman–Crippen LogP) is 4.06. The molecule has 3 rings (SSSR count). The molecule has 12 heteroatoms. The van der Waals surface area contributed by atoms with Crippen molar-refractivity contribution >= 4 is 17.7 Å². The van der Waals surface area contributed by atoms with E-state index in [1.165, 1.54) is 6.20 Å². The van der Waals surface area contributed by atoms with Gasteiger partial charge in [-0.05, 0) is 43.7 Å². The third-order valence-corrected chi connectivity index (χ3v) is 5.52. The summed E-state index contributed by atoms with van der Waals surface area (Å²) in [6.45, 7) is 1.63. The van der Waals surface area contributed by atoms with Crippen LogP contribution >= 0.6 is 0 Å². The Labute approximate surface area is 167 Å². The van der Waals surface area contributed by atoms with Gasteiger partial charge in [-0.2, -0.15) is 26.3 Å². The summed E-state index contributed by atoms with van der Waals surface area (Å²) in [6.07, 6.45) is -14.7. The number of nitrogens with one attached hydrogen (secondary N) is 1. The lowest BCUT2D eigenvalue weighted by Gasteiger charge is -2.33. The number of hydrogen-bond donors (Lipinski definition) is 1. The van der Waals surface area contributed by atoms with Crippen molar-refractivity contribution < 1.29 is 40.7 Å². The van der Waals surface area contributed by atoms with Crippen LogP contribution in [0, 0.1) is 18.3 Å². The third-order valence-electron chi connectivity index (χ3n) is 5.52. The van der Waals surface area contributed by atoms with E-state index < -0.39 is 30.0 Å². The molecule has 0 radical (unpaired) electrons. The minimum atomic E-state index is -5.75. The number of halogens is 6. The summed E-state index contributed by atoms with van der Waals surface area (Å²) >= 11 is 0. The average Bonchev–Trinajstić information content (AvgIpc) is 3.33. The zero-order valence-corrected chi connectivity index (χ0v) is 15.8. The number of ether oxygens (including phenoxy) is 1. The maximum Gasteiger partial charge on any atom is 0.434 e. The Morgan fingerprint density at radius 2 is 1.77 bits per heavy atom. The molecule has 1 atom stereocenters. The van der Waals surface area contributed by atoms with Gasteiger partial charge in [0.15, 0.2) is 0 Å². The number of aryl methyl sites for hydroxylation is 1. The first-order chi connectivity index (χ1) is 13.8. The molecule has 166 valence electrons. The van der Waals surface area contributed by atoms with E-state index in [1.54, 1.807) is 19.1 Å². The molecule has 2 heterocycles. The van der Waals surface area contributed by atoms with Crippen molar-refractivity contribution in [3.05, 3.63) is 24.0 Å². The number of rotatable bonds is 3. The third kappa shape index (κ3) is 4.78. The maximum absolute atomic E-state index is 12.6. The van der Waals surface area contributed by atoms with Gasteiger partial charge in [-0.25, -0.2) is 4.79 Å². The molecule has 1 saturated heterocycles. The zero-order valence-electron chi connectivity index (χ0n) is 15.8. The highest BCUT2D eigenvalue weighted by atomic mass is 19.4. The van der Waals surface area contributed by atoms with Gasteiger partial charge < -0.3 is 15.0 Å². The molecule has 2 aliphatic rings. The number of piperidine rings is 1. The Balaban J connectivity index is 1.53. The minimum Gasteiger partial charge on any atom is -0.426 e. The van der Waals surface area contributed by atoms with Crippen LogP contribution in [0.4, 0.5) is 36.8 Å². The number of pyridine rings is 1. The summed E-state index contributed by atoms with van der Waals surface area (Å²) in [5, 5.41) is 2.74. The van der Waals surface area contributed by atoms with E-state index in [9.17, 15) is 35.9 Å². The van der Waals surface area contributed by atoms with E-state index in [2.05, 4.69) is 15.0 Å². The van der Waals surface area contributed by atoms with E-state index >= 15 is 0 Å². The van der Waals surface area contributed by atoms with Gasteiger partial charge in [0.2, 0.25) is 5.91 Å². The van der Waals surface area contributed by atoms with Crippen molar-refractivity contribution in [2.24, 2.45) is 11.3 Å². The first-order valence-electron chi connectivity index (χ1n) is 9.14. The average molecular weight is 439 g/mol. The molecule has 1 spiro atoms. The van der Waals surface area contributed by atoms with Crippen LogP contribution in [0.3, 0.4) is 0 Å². The molecular formula is C18H19F6N3O3. The number of nitrogens with zero attached hydrogens (tertiary/aromatic N) is 2. The van der Waals surface area contributed by atoms with Crippen LogP contribution in [0.1, 0.15) is 25.0 Å². The molecule has 0 bridgehead atoms. The number of hydrogen-bond acceptors (Lipinski definition) is 4. The lowest BCUT2D eigenvalue weighted by atomic mass is 9.91. The van der Waals surface area contributed by atoms with E-state index in [4.69, 9.17) is 0 Å². The molecule has 1 saturated carbocycles. The van der Waals surface area contributed by atoms with Crippen LogP contribution in [0.25, 0.3) is 0 Å². The summed E-state index contributed by atoms with van der Waals surface area (Å²) in [4.78, 5) is 29.1. The van der Waals surface area contributed by atoms with E-state index in [0.29, 0.717) is 12.1 Å². The van der Waals surface area contributed by atoms with Gasteiger partial charge in [0.1, 0.15) is 0 Å². The monoisotopic (exact) mass is 439 g/mol. The van der Waals surface area contributed by atoms with Crippen molar-refractivity contribution in [2.45, 2.75) is 44.6 Å². The highest BCUT2D eigenvalue weighted by molar-refractivity contribution is 5.95. The summed E-state index contributed by atoms with van der Waals surface area (Å²) < 4.78 is 79.0. The number of anilines is 1. The zero-order chi connectivity index (χ0) is 22.3. The quantitative estimate of drug-likeness (QED) is 0.722. The van der Waals surface area contributed by atoms with Gasteiger partial charge in [0.25, 0.3) is 6.10 Å². The van der Waals surface area contributed by atoms with Crippen molar-refractivity contribution in [3.63, 3.8) is 0 Å². The summed E-state index contributed by atoms with van der Waals surface area (Å²) in [7, 11) is 0. The Bertz CT molecular complexity index is 787. The second-order valence-corrected chi connectivity index (χ2v) is 7.63. The Hall–Kier alpha value is -2.53. The molecule has 2 fully saturated rings.